The van der Waals surface area contributed by atoms with Gasteiger partial charge < -0.3 is 10.2 Å². The minimum absolute atomic E-state index is 0.0382. The van der Waals surface area contributed by atoms with Crippen molar-refractivity contribution in [1.29, 1.82) is 0 Å². The number of amides is 1. The smallest absolute Gasteiger partial charge is 0.230 e. The molecule has 1 aromatic heterocycles. The summed E-state index contributed by atoms with van der Waals surface area (Å²) in [4.78, 5) is 14.6. The molecule has 0 aliphatic heterocycles. The van der Waals surface area contributed by atoms with Crippen LogP contribution in [0.4, 0.5) is 11.4 Å². The normalized spacial score (nSPS) is 14.9. The van der Waals surface area contributed by atoms with Crippen molar-refractivity contribution in [2.75, 3.05) is 17.3 Å². The lowest BCUT2D eigenvalue weighted by Gasteiger charge is -2.28. The highest BCUT2D eigenvalue weighted by Gasteiger charge is 2.21. The standard InChI is InChI=1S/C18H24N4O/c1-13-11-14(21-20-13)12-18(23)19-16-9-5-6-10-17(16)22(2)15-7-3-4-8-15/h5-6,9-11,15H,3-4,7-8,12H2,1-2H3,(H,19,23)(H,20,21). The van der Waals surface area contributed by atoms with E-state index in [4.69, 9.17) is 0 Å². The Kier molecular flexibility index (Phi) is 4.65. The van der Waals surface area contributed by atoms with Gasteiger partial charge in [0.25, 0.3) is 0 Å². The summed E-state index contributed by atoms with van der Waals surface area (Å²) in [7, 11) is 2.12. The Morgan fingerprint density at radius 2 is 2.09 bits per heavy atom. The molecule has 0 atom stereocenters. The number of aromatic nitrogens is 2. The zero-order chi connectivity index (χ0) is 16.2. The molecule has 0 saturated heterocycles. The second kappa shape index (κ2) is 6.86. The Labute approximate surface area is 137 Å². The molecule has 0 radical (unpaired) electrons. The zero-order valence-electron chi connectivity index (χ0n) is 13.8. The Bertz CT molecular complexity index is 673. The first-order chi connectivity index (χ1) is 11.1. The second-order valence-electron chi connectivity index (χ2n) is 6.33. The molecular formula is C18H24N4O. The van der Waals surface area contributed by atoms with E-state index in [0.717, 1.165) is 22.8 Å². The van der Waals surface area contributed by atoms with Crippen LogP contribution in [0, 0.1) is 6.92 Å². The number of carbonyl (C=O) groups is 1. The highest BCUT2D eigenvalue weighted by atomic mass is 16.1. The van der Waals surface area contributed by atoms with E-state index >= 15 is 0 Å². The monoisotopic (exact) mass is 312 g/mol. The third-order valence-electron chi connectivity index (χ3n) is 4.53. The van der Waals surface area contributed by atoms with Crippen LogP contribution in [0.15, 0.2) is 30.3 Å². The van der Waals surface area contributed by atoms with Crippen LogP contribution in [0.3, 0.4) is 0 Å². The van der Waals surface area contributed by atoms with Crippen molar-refractivity contribution in [2.45, 2.75) is 45.1 Å². The van der Waals surface area contributed by atoms with E-state index in [9.17, 15) is 4.79 Å². The Balaban J connectivity index is 1.70. The molecule has 5 heteroatoms. The van der Waals surface area contributed by atoms with Gasteiger partial charge in [0, 0.05) is 18.8 Å². The van der Waals surface area contributed by atoms with Gasteiger partial charge in [-0.25, -0.2) is 0 Å². The number of nitrogens with one attached hydrogen (secondary N) is 2. The quantitative estimate of drug-likeness (QED) is 0.890. The first-order valence-corrected chi connectivity index (χ1v) is 8.26. The molecule has 0 unspecified atom stereocenters. The van der Waals surface area contributed by atoms with Crippen LogP contribution in [0.25, 0.3) is 0 Å². The van der Waals surface area contributed by atoms with E-state index in [1.54, 1.807) is 0 Å². The van der Waals surface area contributed by atoms with Crippen LogP contribution in [0.5, 0.6) is 0 Å². The average Bonchev–Trinajstić information content (AvgIpc) is 3.19. The molecule has 1 aliphatic rings. The largest absolute Gasteiger partial charge is 0.370 e. The molecule has 1 saturated carbocycles. The predicted molar refractivity (Wildman–Crippen MR) is 92.8 cm³/mol. The van der Waals surface area contributed by atoms with Crippen molar-refractivity contribution < 1.29 is 4.79 Å². The molecule has 2 N–H and O–H groups in total. The summed E-state index contributed by atoms with van der Waals surface area (Å²) in [5, 5.41) is 10.0. The number of para-hydroxylation sites is 2. The van der Waals surface area contributed by atoms with E-state index < -0.39 is 0 Å². The van der Waals surface area contributed by atoms with Crippen molar-refractivity contribution in [3.63, 3.8) is 0 Å². The number of aromatic amines is 1. The van der Waals surface area contributed by atoms with Gasteiger partial charge in [-0.1, -0.05) is 25.0 Å². The van der Waals surface area contributed by atoms with Gasteiger partial charge in [-0.05, 0) is 38.0 Å². The number of benzene rings is 1. The summed E-state index contributed by atoms with van der Waals surface area (Å²) in [6, 6.07) is 10.5. The number of hydrogen-bond donors (Lipinski definition) is 2. The number of hydrogen-bond acceptors (Lipinski definition) is 3. The van der Waals surface area contributed by atoms with Gasteiger partial charge in [-0.3, -0.25) is 9.89 Å². The molecular weight excluding hydrogens is 288 g/mol. The molecule has 3 rings (SSSR count). The minimum atomic E-state index is -0.0382. The molecule has 1 aromatic carbocycles. The average molecular weight is 312 g/mol. The number of carbonyl (C=O) groups excluding carboxylic acids is 1. The van der Waals surface area contributed by atoms with Crippen LogP contribution in [-0.4, -0.2) is 29.2 Å². The number of nitrogens with zero attached hydrogens (tertiary/aromatic N) is 2. The lowest BCUT2D eigenvalue weighted by molar-refractivity contribution is -0.115. The first-order valence-electron chi connectivity index (χ1n) is 8.26. The van der Waals surface area contributed by atoms with Crippen LogP contribution >= 0.6 is 0 Å². The Morgan fingerprint density at radius 3 is 2.78 bits per heavy atom. The predicted octanol–water partition coefficient (Wildman–Crippen LogP) is 3.28. The van der Waals surface area contributed by atoms with Crippen molar-refractivity contribution in [2.24, 2.45) is 0 Å². The van der Waals surface area contributed by atoms with Gasteiger partial charge in [-0.2, -0.15) is 5.10 Å². The molecule has 0 bridgehead atoms. The maximum absolute atomic E-state index is 12.3. The van der Waals surface area contributed by atoms with Crippen molar-refractivity contribution in [1.82, 2.24) is 10.2 Å². The summed E-state index contributed by atoms with van der Waals surface area (Å²) < 4.78 is 0. The van der Waals surface area contributed by atoms with Gasteiger partial charge >= 0.3 is 0 Å². The molecule has 1 fully saturated rings. The van der Waals surface area contributed by atoms with E-state index in [-0.39, 0.29) is 12.3 Å². The van der Waals surface area contributed by atoms with E-state index in [2.05, 4.69) is 33.5 Å². The zero-order valence-corrected chi connectivity index (χ0v) is 13.8. The summed E-state index contributed by atoms with van der Waals surface area (Å²) in [6.45, 7) is 1.93. The highest BCUT2D eigenvalue weighted by Crippen LogP contribution is 2.31. The third-order valence-corrected chi connectivity index (χ3v) is 4.53. The number of H-pyrrole nitrogens is 1. The fourth-order valence-electron chi connectivity index (χ4n) is 3.30. The first kappa shape index (κ1) is 15.6. The van der Waals surface area contributed by atoms with Gasteiger partial charge in [0.1, 0.15) is 0 Å². The van der Waals surface area contributed by atoms with E-state index in [1.165, 1.54) is 25.7 Å². The molecule has 0 spiro atoms. The maximum Gasteiger partial charge on any atom is 0.230 e. The van der Waals surface area contributed by atoms with Gasteiger partial charge in [-0.15, -0.1) is 0 Å². The van der Waals surface area contributed by atoms with Crippen LogP contribution in [0.1, 0.15) is 37.1 Å². The van der Waals surface area contributed by atoms with Crippen LogP contribution in [0.2, 0.25) is 0 Å². The lowest BCUT2D eigenvalue weighted by atomic mass is 10.1. The van der Waals surface area contributed by atoms with Gasteiger partial charge in [0.15, 0.2) is 0 Å². The number of rotatable bonds is 5. The lowest BCUT2D eigenvalue weighted by Crippen LogP contribution is -2.30. The van der Waals surface area contributed by atoms with Gasteiger partial charge in [0.2, 0.25) is 5.91 Å². The molecule has 122 valence electrons. The second-order valence-corrected chi connectivity index (χ2v) is 6.33. The van der Waals surface area contributed by atoms with Crippen LogP contribution < -0.4 is 10.2 Å². The summed E-state index contributed by atoms with van der Waals surface area (Å²) in [5.41, 5.74) is 3.70. The topological polar surface area (TPSA) is 61.0 Å². The summed E-state index contributed by atoms with van der Waals surface area (Å²) in [6.07, 6.45) is 5.33. The van der Waals surface area contributed by atoms with Crippen molar-refractivity contribution >= 4 is 17.3 Å². The minimum Gasteiger partial charge on any atom is -0.370 e. The van der Waals surface area contributed by atoms with E-state index in [0.29, 0.717) is 6.04 Å². The molecule has 1 heterocycles. The third kappa shape index (κ3) is 3.73. The highest BCUT2D eigenvalue weighted by molar-refractivity contribution is 5.95. The molecule has 1 aliphatic carbocycles. The number of aryl methyl sites for hydroxylation is 1. The summed E-state index contributed by atoms with van der Waals surface area (Å²) in [5.74, 6) is -0.0382. The molecule has 2 aromatic rings. The van der Waals surface area contributed by atoms with E-state index in [1.807, 2.05) is 31.2 Å². The van der Waals surface area contributed by atoms with Crippen LogP contribution in [-0.2, 0) is 11.2 Å². The molecule has 5 nitrogen and oxygen atoms in total. The fraction of sp³-hybridized carbons (Fsp3) is 0.444. The van der Waals surface area contributed by atoms with Crippen molar-refractivity contribution in [3.05, 3.63) is 41.7 Å². The van der Waals surface area contributed by atoms with Crippen molar-refractivity contribution in [3.8, 4) is 0 Å². The SMILES string of the molecule is Cc1cc(CC(=O)Nc2ccccc2N(C)C2CCCC2)n[nH]1. The summed E-state index contributed by atoms with van der Waals surface area (Å²) >= 11 is 0. The van der Waals surface area contributed by atoms with Gasteiger partial charge in [0.05, 0.1) is 23.5 Å². The fourth-order valence-corrected chi connectivity index (χ4v) is 3.30. The molecule has 1 amide bonds. The maximum atomic E-state index is 12.3. The Morgan fingerprint density at radius 1 is 1.35 bits per heavy atom. The Hall–Kier alpha value is -2.30. The number of anilines is 2. The molecule has 23 heavy (non-hydrogen) atoms.